The second-order valence-electron chi connectivity index (χ2n) is 5.11. The fraction of sp³-hybridized carbons (Fsp3) is 0.250. The standard InChI is InChI=1S/C16H19N3O/c17-15-4-2-1-3-14(15)16(19-18)11-5-7-12(8-6-11)20-13-9-10-13/h1-8,13,16,19H,9-10,17-18H2. The van der Waals surface area contributed by atoms with Crippen molar-refractivity contribution in [3.63, 3.8) is 0 Å². The number of nitrogens with two attached hydrogens (primary N) is 2. The molecule has 20 heavy (non-hydrogen) atoms. The van der Waals surface area contributed by atoms with E-state index in [1.165, 1.54) is 0 Å². The molecular formula is C16H19N3O. The summed E-state index contributed by atoms with van der Waals surface area (Å²) in [6, 6.07) is 15.6. The minimum Gasteiger partial charge on any atom is -0.490 e. The molecule has 3 rings (SSSR count). The largest absolute Gasteiger partial charge is 0.490 e. The van der Waals surface area contributed by atoms with E-state index < -0.39 is 0 Å². The highest BCUT2D eigenvalue weighted by Crippen LogP contribution is 2.30. The topological polar surface area (TPSA) is 73.3 Å². The van der Waals surface area contributed by atoms with Gasteiger partial charge in [0.15, 0.2) is 0 Å². The molecule has 0 amide bonds. The summed E-state index contributed by atoms with van der Waals surface area (Å²) >= 11 is 0. The maximum atomic E-state index is 6.02. The van der Waals surface area contributed by atoms with Crippen LogP contribution >= 0.6 is 0 Å². The number of anilines is 1. The lowest BCUT2D eigenvalue weighted by molar-refractivity contribution is 0.303. The molecule has 4 heteroatoms. The molecule has 5 N–H and O–H groups in total. The monoisotopic (exact) mass is 269 g/mol. The van der Waals surface area contributed by atoms with E-state index in [1.807, 2.05) is 48.5 Å². The van der Waals surface area contributed by atoms with Crippen LogP contribution in [0.25, 0.3) is 0 Å². The first-order valence-electron chi connectivity index (χ1n) is 6.85. The Morgan fingerprint density at radius 3 is 2.35 bits per heavy atom. The fourth-order valence-electron chi connectivity index (χ4n) is 2.26. The van der Waals surface area contributed by atoms with Crippen molar-refractivity contribution in [3.05, 3.63) is 59.7 Å². The second kappa shape index (κ2) is 5.53. The molecule has 0 aromatic heterocycles. The number of para-hydroxylation sites is 1. The molecule has 0 heterocycles. The van der Waals surface area contributed by atoms with E-state index in [9.17, 15) is 0 Å². The van der Waals surface area contributed by atoms with Gasteiger partial charge in [0.1, 0.15) is 5.75 Å². The number of hydrogen-bond donors (Lipinski definition) is 3. The van der Waals surface area contributed by atoms with E-state index in [4.69, 9.17) is 16.3 Å². The van der Waals surface area contributed by atoms with Crippen LogP contribution in [0.3, 0.4) is 0 Å². The van der Waals surface area contributed by atoms with Gasteiger partial charge in [0, 0.05) is 5.69 Å². The minimum absolute atomic E-state index is 0.119. The third-order valence-electron chi connectivity index (χ3n) is 3.51. The lowest BCUT2D eigenvalue weighted by Gasteiger charge is -2.19. The Balaban J connectivity index is 1.83. The molecule has 1 unspecified atom stereocenters. The quantitative estimate of drug-likeness (QED) is 0.442. The van der Waals surface area contributed by atoms with Gasteiger partial charge in [0.05, 0.1) is 12.1 Å². The van der Waals surface area contributed by atoms with Crippen LogP contribution in [0.4, 0.5) is 5.69 Å². The molecule has 0 bridgehead atoms. The van der Waals surface area contributed by atoms with E-state index in [-0.39, 0.29) is 6.04 Å². The first-order chi connectivity index (χ1) is 9.78. The molecule has 1 atom stereocenters. The summed E-state index contributed by atoms with van der Waals surface area (Å²) in [4.78, 5) is 0. The maximum absolute atomic E-state index is 6.02. The summed E-state index contributed by atoms with van der Waals surface area (Å²) in [7, 11) is 0. The Kier molecular flexibility index (Phi) is 3.58. The summed E-state index contributed by atoms with van der Waals surface area (Å²) in [5.74, 6) is 6.61. The van der Waals surface area contributed by atoms with Gasteiger partial charge < -0.3 is 10.5 Å². The predicted octanol–water partition coefficient (Wildman–Crippen LogP) is 2.36. The van der Waals surface area contributed by atoms with Crippen LogP contribution in [0.15, 0.2) is 48.5 Å². The first-order valence-corrected chi connectivity index (χ1v) is 6.85. The van der Waals surface area contributed by atoms with Gasteiger partial charge >= 0.3 is 0 Å². The zero-order chi connectivity index (χ0) is 13.9. The zero-order valence-corrected chi connectivity index (χ0v) is 11.3. The first kappa shape index (κ1) is 13.0. The van der Waals surface area contributed by atoms with Crippen molar-refractivity contribution >= 4 is 5.69 Å². The van der Waals surface area contributed by atoms with Gasteiger partial charge in [-0.25, -0.2) is 5.43 Å². The van der Waals surface area contributed by atoms with E-state index in [0.29, 0.717) is 6.10 Å². The van der Waals surface area contributed by atoms with Gasteiger partial charge in [-0.2, -0.15) is 0 Å². The molecule has 1 aliphatic carbocycles. The van der Waals surface area contributed by atoms with Gasteiger partial charge in [0.25, 0.3) is 0 Å². The van der Waals surface area contributed by atoms with E-state index in [0.717, 1.165) is 35.4 Å². The molecule has 1 aliphatic rings. The molecule has 1 saturated carbocycles. The Morgan fingerprint density at radius 2 is 1.75 bits per heavy atom. The van der Waals surface area contributed by atoms with Crippen LogP contribution in [0.1, 0.15) is 30.0 Å². The second-order valence-corrected chi connectivity index (χ2v) is 5.11. The molecule has 2 aromatic carbocycles. The summed E-state index contributed by atoms with van der Waals surface area (Å²) in [5, 5.41) is 0. The molecule has 104 valence electrons. The number of nitrogens with one attached hydrogen (secondary N) is 1. The third-order valence-corrected chi connectivity index (χ3v) is 3.51. The van der Waals surface area contributed by atoms with Crippen LogP contribution in [0, 0.1) is 0 Å². The highest BCUT2D eigenvalue weighted by atomic mass is 16.5. The number of hydrazine groups is 1. The molecule has 0 saturated heterocycles. The maximum Gasteiger partial charge on any atom is 0.119 e. The van der Waals surface area contributed by atoms with Crippen LogP contribution in [0.5, 0.6) is 5.75 Å². The Labute approximate surface area is 118 Å². The predicted molar refractivity (Wildman–Crippen MR) is 80.1 cm³/mol. The van der Waals surface area contributed by atoms with Gasteiger partial charge in [0.2, 0.25) is 0 Å². The molecule has 4 nitrogen and oxygen atoms in total. The van der Waals surface area contributed by atoms with Crippen molar-refractivity contribution in [3.8, 4) is 5.75 Å². The fourth-order valence-corrected chi connectivity index (χ4v) is 2.26. The Bertz CT molecular complexity index is 579. The Hall–Kier alpha value is -2.04. The Morgan fingerprint density at radius 1 is 1.05 bits per heavy atom. The van der Waals surface area contributed by atoms with Crippen molar-refractivity contribution in [2.75, 3.05) is 5.73 Å². The number of benzene rings is 2. The van der Waals surface area contributed by atoms with Gasteiger partial charge in [-0.1, -0.05) is 30.3 Å². The van der Waals surface area contributed by atoms with Crippen molar-refractivity contribution < 1.29 is 4.74 Å². The molecular weight excluding hydrogens is 250 g/mol. The molecule has 2 aromatic rings. The van der Waals surface area contributed by atoms with Crippen LogP contribution in [-0.2, 0) is 0 Å². The summed E-state index contributed by atoms with van der Waals surface area (Å²) in [6.45, 7) is 0. The van der Waals surface area contributed by atoms with Crippen LogP contribution in [0.2, 0.25) is 0 Å². The highest BCUT2D eigenvalue weighted by Gasteiger charge is 2.23. The molecule has 0 aliphatic heterocycles. The lowest BCUT2D eigenvalue weighted by atomic mass is 9.98. The van der Waals surface area contributed by atoms with Gasteiger partial charge in [-0.05, 0) is 42.2 Å². The molecule has 1 fully saturated rings. The van der Waals surface area contributed by atoms with Gasteiger partial charge in [-0.15, -0.1) is 0 Å². The van der Waals surface area contributed by atoms with Crippen LogP contribution < -0.4 is 21.7 Å². The van der Waals surface area contributed by atoms with Crippen molar-refractivity contribution in [1.82, 2.24) is 5.43 Å². The van der Waals surface area contributed by atoms with E-state index in [1.54, 1.807) is 0 Å². The van der Waals surface area contributed by atoms with Crippen molar-refractivity contribution in [1.29, 1.82) is 0 Å². The van der Waals surface area contributed by atoms with E-state index >= 15 is 0 Å². The summed E-state index contributed by atoms with van der Waals surface area (Å²) < 4.78 is 5.75. The number of hydrogen-bond acceptors (Lipinski definition) is 4. The number of nitrogen functional groups attached to an aromatic ring is 1. The zero-order valence-electron chi connectivity index (χ0n) is 11.3. The SMILES string of the molecule is NNC(c1ccc(OC2CC2)cc1)c1ccccc1N. The summed E-state index contributed by atoms with van der Waals surface area (Å²) in [5.41, 5.74) is 11.6. The van der Waals surface area contributed by atoms with Crippen LogP contribution in [-0.4, -0.2) is 6.10 Å². The summed E-state index contributed by atoms with van der Waals surface area (Å²) in [6.07, 6.45) is 2.74. The normalized spacial score (nSPS) is 15.8. The van der Waals surface area contributed by atoms with Gasteiger partial charge in [-0.3, -0.25) is 5.84 Å². The highest BCUT2D eigenvalue weighted by molar-refractivity contribution is 5.51. The van der Waals surface area contributed by atoms with E-state index in [2.05, 4.69) is 5.43 Å². The number of rotatable bonds is 5. The number of ether oxygens (including phenoxy) is 1. The van der Waals surface area contributed by atoms with Crippen molar-refractivity contribution in [2.24, 2.45) is 5.84 Å². The minimum atomic E-state index is -0.119. The average molecular weight is 269 g/mol. The lowest BCUT2D eigenvalue weighted by Crippen LogP contribution is -2.29. The third kappa shape index (κ3) is 2.76. The smallest absolute Gasteiger partial charge is 0.119 e. The molecule has 0 radical (unpaired) electrons. The average Bonchev–Trinajstić information content (AvgIpc) is 3.27. The van der Waals surface area contributed by atoms with Crippen molar-refractivity contribution in [2.45, 2.75) is 25.0 Å². The molecule has 0 spiro atoms.